The van der Waals surface area contributed by atoms with Crippen molar-refractivity contribution >= 4 is 12.1 Å². The average molecular weight is 350 g/mol. The first-order valence-corrected chi connectivity index (χ1v) is 8.78. The second-order valence-corrected chi connectivity index (χ2v) is 5.77. The first-order chi connectivity index (χ1) is 12.2. The zero-order valence-electron chi connectivity index (χ0n) is 15.8. The number of nitrogens with one attached hydrogen (secondary N) is 1. The zero-order chi connectivity index (χ0) is 18.5. The van der Waals surface area contributed by atoms with Crippen LogP contribution in [-0.4, -0.2) is 33.5 Å². The first kappa shape index (κ1) is 20.8. The molecule has 0 aromatic heterocycles. The molecule has 1 rings (SSSR count). The maximum Gasteiger partial charge on any atom is 0.240 e. The molecule has 0 spiro atoms. The van der Waals surface area contributed by atoms with Gasteiger partial charge in [0, 0.05) is 12.0 Å². The number of rotatable bonds is 12. The number of nitrogens with zero attached hydrogens (tertiary/aromatic N) is 1. The minimum Gasteiger partial charge on any atom is -0.493 e. The van der Waals surface area contributed by atoms with Gasteiger partial charge in [0.1, 0.15) is 0 Å². The van der Waals surface area contributed by atoms with Crippen molar-refractivity contribution in [2.75, 3.05) is 21.3 Å². The molecule has 0 aliphatic carbocycles. The maximum absolute atomic E-state index is 11.8. The molecule has 1 aromatic rings. The summed E-state index contributed by atoms with van der Waals surface area (Å²) in [6, 6.07) is 3.54. The Bertz CT molecular complexity index is 533. The Hall–Kier alpha value is -2.24. The number of carbonyl (C=O) groups is 1. The topological polar surface area (TPSA) is 69.2 Å². The van der Waals surface area contributed by atoms with Crippen LogP contribution in [0.2, 0.25) is 0 Å². The SMILES string of the molecule is CCCCCCCCC(=O)N/N=C/c1cc(OC)c(OC)c(OC)c1. The van der Waals surface area contributed by atoms with Gasteiger partial charge in [-0.2, -0.15) is 5.10 Å². The van der Waals surface area contributed by atoms with Crippen LogP contribution in [0.15, 0.2) is 17.2 Å². The third-order valence-corrected chi connectivity index (χ3v) is 3.85. The van der Waals surface area contributed by atoms with E-state index >= 15 is 0 Å². The van der Waals surface area contributed by atoms with E-state index in [0.717, 1.165) is 18.4 Å². The van der Waals surface area contributed by atoms with Crippen LogP contribution >= 0.6 is 0 Å². The van der Waals surface area contributed by atoms with Crippen LogP contribution in [0.25, 0.3) is 0 Å². The van der Waals surface area contributed by atoms with Gasteiger partial charge in [0.15, 0.2) is 11.5 Å². The Labute approximate surface area is 150 Å². The van der Waals surface area contributed by atoms with Crippen LogP contribution in [0.3, 0.4) is 0 Å². The highest BCUT2D eigenvalue weighted by Crippen LogP contribution is 2.37. The number of unbranched alkanes of at least 4 members (excludes halogenated alkanes) is 5. The largest absolute Gasteiger partial charge is 0.493 e. The predicted molar refractivity (Wildman–Crippen MR) is 99.8 cm³/mol. The van der Waals surface area contributed by atoms with Crippen LogP contribution in [0.4, 0.5) is 0 Å². The summed E-state index contributed by atoms with van der Waals surface area (Å²) in [4.78, 5) is 11.8. The minimum absolute atomic E-state index is 0.0702. The number of hydrazone groups is 1. The van der Waals surface area contributed by atoms with E-state index in [-0.39, 0.29) is 5.91 Å². The molecule has 0 unspecified atom stereocenters. The van der Waals surface area contributed by atoms with Gasteiger partial charge in [-0.15, -0.1) is 0 Å². The molecule has 6 heteroatoms. The summed E-state index contributed by atoms with van der Waals surface area (Å²) in [7, 11) is 4.66. The summed E-state index contributed by atoms with van der Waals surface area (Å²) < 4.78 is 15.8. The molecule has 0 bridgehead atoms. The van der Waals surface area contributed by atoms with Crippen molar-refractivity contribution in [1.29, 1.82) is 0 Å². The average Bonchev–Trinajstić information content (AvgIpc) is 2.63. The fraction of sp³-hybridized carbons (Fsp3) is 0.579. The quantitative estimate of drug-likeness (QED) is 0.352. The van der Waals surface area contributed by atoms with Crippen LogP contribution in [0.1, 0.15) is 57.4 Å². The summed E-state index contributed by atoms with van der Waals surface area (Å²) in [6.45, 7) is 2.19. The molecule has 6 nitrogen and oxygen atoms in total. The van der Waals surface area contributed by atoms with Crippen LogP contribution < -0.4 is 19.6 Å². The standard InChI is InChI=1S/C19H30N2O4/c1-5-6-7-8-9-10-11-18(22)21-20-14-15-12-16(23-2)19(25-4)17(13-15)24-3/h12-14H,5-11H2,1-4H3,(H,21,22)/b20-14+. The highest BCUT2D eigenvalue weighted by atomic mass is 16.5. The normalized spacial score (nSPS) is 10.7. The lowest BCUT2D eigenvalue weighted by molar-refractivity contribution is -0.121. The van der Waals surface area contributed by atoms with Gasteiger partial charge in [0.25, 0.3) is 0 Å². The van der Waals surface area contributed by atoms with E-state index in [9.17, 15) is 4.79 Å². The van der Waals surface area contributed by atoms with Crippen molar-refractivity contribution in [2.45, 2.75) is 51.9 Å². The number of hydrogen-bond acceptors (Lipinski definition) is 5. The van der Waals surface area contributed by atoms with Crippen LogP contribution in [0, 0.1) is 0 Å². The van der Waals surface area contributed by atoms with Gasteiger partial charge in [-0.1, -0.05) is 39.0 Å². The molecular formula is C19H30N2O4. The number of carbonyl (C=O) groups excluding carboxylic acids is 1. The van der Waals surface area contributed by atoms with Crippen molar-refractivity contribution in [2.24, 2.45) is 5.10 Å². The minimum atomic E-state index is -0.0702. The van der Waals surface area contributed by atoms with Crippen molar-refractivity contribution in [3.63, 3.8) is 0 Å². The van der Waals surface area contributed by atoms with E-state index in [2.05, 4.69) is 17.5 Å². The molecule has 0 saturated heterocycles. The molecule has 0 radical (unpaired) electrons. The van der Waals surface area contributed by atoms with Gasteiger partial charge in [-0.05, 0) is 18.6 Å². The summed E-state index contributed by atoms with van der Waals surface area (Å²) in [5.41, 5.74) is 3.30. The van der Waals surface area contributed by atoms with Crippen molar-refractivity contribution < 1.29 is 19.0 Å². The highest BCUT2D eigenvalue weighted by molar-refractivity contribution is 5.84. The maximum atomic E-state index is 11.8. The second kappa shape index (κ2) is 12.2. The molecule has 0 fully saturated rings. The third kappa shape index (κ3) is 7.45. The fourth-order valence-corrected chi connectivity index (χ4v) is 2.48. The van der Waals surface area contributed by atoms with Gasteiger partial charge in [0.2, 0.25) is 11.7 Å². The Morgan fingerprint density at radius 1 is 1.00 bits per heavy atom. The molecule has 140 valence electrons. The van der Waals surface area contributed by atoms with Crippen molar-refractivity contribution in [3.05, 3.63) is 17.7 Å². The van der Waals surface area contributed by atoms with E-state index in [1.165, 1.54) is 25.7 Å². The van der Waals surface area contributed by atoms with E-state index in [1.807, 2.05) is 0 Å². The monoisotopic (exact) mass is 350 g/mol. The van der Waals surface area contributed by atoms with Gasteiger partial charge in [-0.3, -0.25) is 4.79 Å². The Balaban J connectivity index is 2.49. The second-order valence-electron chi connectivity index (χ2n) is 5.77. The summed E-state index contributed by atoms with van der Waals surface area (Å²) in [6.07, 6.45) is 8.98. The first-order valence-electron chi connectivity index (χ1n) is 8.78. The van der Waals surface area contributed by atoms with Crippen molar-refractivity contribution in [1.82, 2.24) is 5.43 Å². The molecule has 1 amide bonds. The molecule has 25 heavy (non-hydrogen) atoms. The Morgan fingerprint density at radius 2 is 1.60 bits per heavy atom. The number of ether oxygens (including phenoxy) is 3. The molecule has 1 N–H and O–H groups in total. The third-order valence-electron chi connectivity index (χ3n) is 3.85. The Morgan fingerprint density at radius 3 is 2.16 bits per heavy atom. The lowest BCUT2D eigenvalue weighted by Gasteiger charge is -2.12. The summed E-state index contributed by atoms with van der Waals surface area (Å²) in [5, 5.41) is 4.00. The van der Waals surface area contributed by atoms with Gasteiger partial charge in [0.05, 0.1) is 27.5 Å². The van der Waals surface area contributed by atoms with E-state index in [4.69, 9.17) is 14.2 Å². The molecule has 0 saturated carbocycles. The lowest BCUT2D eigenvalue weighted by atomic mass is 10.1. The number of methoxy groups -OCH3 is 3. The predicted octanol–water partition coefficient (Wildman–Crippen LogP) is 3.91. The van der Waals surface area contributed by atoms with Gasteiger partial charge in [-0.25, -0.2) is 5.43 Å². The molecule has 0 heterocycles. The molecule has 0 atom stereocenters. The lowest BCUT2D eigenvalue weighted by Crippen LogP contribution is -2.16. The molecular weight excluding hydrogens is 320 g/mol. The van der Waals surface area contributed by atoms with Gasteiger partial charge < -0.3 is 14.2 Å². The van der Waals surface area contributed by atoms with Crippen molar-refractivity contribution in [3.8, 4) is 17.2 Å². The fourth-order valence-electron chi connectivity index (χ4n) is 2.48. The number of hydrogen-bond donors (Lipinski definition) is 1. The van der Waals surface area contributed by atoms with Crippen LogP contribution in [-0.2, 0) is 4.79 Å². The smallest absolute Gasteiger partial charge is 0.240 e. The highest BCUT2D eigenvalue weighted by Gasteiger charge is 2.12. The summed E-state index contributed by atoms with van der Waals surface area (Å²) in [5.74, 6) is 1.54. The van der Waals surface area contributed by atoms with Crippen LogP contribution in [0.5, 0.6) is 17.2 Å². The zero-order valence-corrected chi connectivity index (χ0v) is 15.8. The summed E-state index contributed by atoms with van der Waals surface area (Å²) >= 11 is 0. The molecule has 0 aliphatic heterocycles. The number of benzene rings is 1. The van der Waals surface area contributed by atoms with E-state index in [0.29, 0.717) is 23.7 Å². The van der Waals surface area contributed by atoms with E-state index < -0.39 is 0 Å². The van der Waals surface area contributed by atoms with Gasteiger partial charge >= 0.3 is 0 Å². The number of amides is 1. The Kier molecular flexibility index (Phi) is 10.1. The van der Waals surface area contributed by atoms with E-state index in [1.54, 1.807) is 39.7 Å². The molecule has 0 aliphatic rings. The molecule has 1 aromatic carbocycles.